The summed E-state index contributed by atoms with van der Waals surface area (Å²) in [7, 11) is 4.53. The second-order valence-electron chi connectivity index (χ2n) is 12.2. The van der Waals surface area contributed by atoms with Gasteiger partial charge in [0.2, 0.25) is 5.91 Å². The quantitative estimate of drug-likeness (QED) is 0.112. The second-order valence-corrected chi connectivity index (χ2v) is 12.2. The third-order valence-corrected chi connectivity index (χ3v) is 9.17. The molecule has 43 heavy (non-hydrogen) atoms. The summed E-state index contributed by atoms with van der Waals surface area (Å²) in [6.45, 7) is 0. The van der Waals surface area contributed by atoms with E-state index in [0.717, 1.165) is 65.3 Å². The molecule has 3 fully saturated rings. The van der Waals surface area contributed by atoms with Crippen molar-refractivity contribution < 1.29 is 52.3 Å². The van der Waals surface area contributed by atoms with E-state index in [1.165, 1.54) is 0 Å². The van der Waals surface area contributed by atoms with Crippen molar-refractivity contribution in [2.75, 3.05) is 24.7 Å². The van der Waals surface area contributed by atoms with Gasteiger partial charge >= 0.3 is 6.09 Å². The summed E-state index contributed by atoms with van der Waals surface area (Å²) in [6.07, 6.45) is 5.25. The first kappa shape index (κ1) is 31.2. The van der Waals surface area contributed by atoms with Crippen molar-refractivity contribution in [1.82, 2.24) is 0 Å². The molecule has 3 aliphatic heterocycles. The van der Waals surface area contributed by atoms with Crippen LogP contribution >= 0.6 is 0 Å². The maximum atomic E-state index is 13.2. The lowest BCUT2D eigenvalue weighted by atomic mass is 9.96. The number of likely N-dealkylation sites (N-methyl/N-ethyl adjacent to an activating group) is 1. The van der Waals surface area contributed by atoms with Gasteiger partial charge in [0, 0.05) is 36.1 Å². The number of quaternary nitrogens is 1. The average molecular weight is 696 g/mol. The van der Waals surface area contributed by atoms with Crippen LogP contribution in [0.3, 0.4) is 0 Å². The molecule has 3 heterocycles. The number of hydrogen-bond acceptors (Lipinski definition) is 5. The van der Waals surface area contributed by atoms with Gasteiger partial charge in [-0.2, -0.15) is 0 Å². The number of nitrogens with zero attached hydrogens (tertiary/aromatic N) is 1. The van der Waals surface area contributed by atoms with Crippen LogP contribution in [0.2, 0.25) is 0 Å². The number of rotatable bonds is 10. The van der Waals surface area contributed by atoms with Crippen molar-refractivity contribution in [3.63, 3.8) is 0 Å². The summed E-state index contributed by atoms with van der Waals surface area (Å²) in [6, 6.07) is 23.7. The van der Waals surface area contributed by atoms with Gasteiger partial charge in [-0.1, -0.05) is 42.5 Å². The van der Waals surface area contributed by atoms with Crippen LogP contribution < -0.4 is 34.6 Å². The Labute approximate surface area is 269 Å². The number of halogens is 1. The Bertz CT molecular complexity index is 1440. The summed E-state index contributed by atoms with van der Waals surface area (Å²) in [5, 5.41) is 5.93. The number of nitrogens with one attached hydrogen (secondary N) is 2. The third kappa shape index (κ3) is 6.94. The monoisotopic (exact) mass is 695 g/mol. The van der Waals surface area contributed by atoms with Gasteiger partial charge in [0.25, 0.3) is 0 Å². The molecule has 0 saturated carbocycles. The first-order valence-electron chi connectivity index (χ1n) is 14.8. The summed E-state index contributed by atoms with van der Waals surface area (Å²) < 4.78 is 12.8. The van der Waals surface area contributed by atoms with Crippen molar-refractivity contribution >= 4 is 29.7 Å². The van der Waals surface area contributed by atoms with Crippen LogP contribution in [0, 0.1) is 0 Å². The molecule has 2 bridgehead atoms. The predicted octanol–water partition coefficient (Wildman–Crippen LogP) is 2.83. The van der Waals surface area contributed by atoms with Crippen molar-refractivity contribution in [3.05, 3.63) is 83.9 Å². The minimum Gasteiger partial charge on any atom is -1.00 e. The molecule has 3 aromatic rings. The molecular formula is C34H38IN3O5. The molecule has 6 rings (SSSR count). The number of aryl methyl sites for hydroxylation is 1. The molecule has 5 atom stereocenters. The zero-order chi connectivity index (χ0) is 29.3. The molecule has 2 N–H and O–H groups in total. The van der Waals surface area contributed by atoms with Gasteiger partial charge in [-0.15, -0.1) is 0 Å². The van der Waals surface area contributed by atoms with Crippen LogP contribution in [0.4, 0.5) is 16.2 Å². The Kier molecular flexibility index (Phi) is 9.53. The summed E-state index contributed by atoms with van der Waals surface area (Å²) in [5.74, 6) is -0.0550. The number of carbonyl (C=O) groups is 3. The van der Waals surface area contributed by atoms with Gasteiger partial charge in [0.05, 0.1) is 19.8 Å². The number of anilines is 2. The number of amides is 2. The Hall–Kier alpha value is -3.28. The van der Waals surface area contributed by atoms with E-state index in [1.54, 1.807) is 24.3 Å². The Morgan fingerprint density at radius 2 is 1.63 bits per heavy atom. The molecule has 0 aliphatic carbocycles. The maximum absolute atomic E-state index is 13.2. The van der Waals surface area contributed by atoms with Crippen LogP contribution in [-0.4, -0.2) is 67.3 Å². The van der Waals surface area contributed by atoms with E-state index in [-0.39, 0.29) is 36.0 Å². The topological polar surface area (TPSA) is 97.0 Å². The van der Waals surface area contributed by atoms with Crippen molar-refractivity contribution in [3.8, 4) is 11.1 Å². The molecule has 0 unspecified atom stereocenters. The smallest absolute Gasteiger partial charge is 0.411 e. The van der Waals surface area contributed by atoms with E-state index in [0.29, 0.717) is 42.0 Å². The van der Waals surface area contributed by atoms with E-state index in [9.17, 15) is 14.4 Å². The summed E-state index contributed by atoms with van der Waals surface area (Å²) in [5.41, 5.74) is 5.02. The average Bonchev–Trinajstić information content (AvgIpc) is 3.75. The zero-order valence-electron chi connectivity index (χ0n) is 24.5. The van der Waals surface area contributed by atoms with Gasteiger partial charge in [0.15, 0.2) is 0 Å². The summed E-state index contributed by atoms with van der Waals surface area (Å²) >= 11 is 0. The number of fused-ring (bicyclic) bond motifs is 5. The molecule has 9 heteroatoms. The highest BCUT2D eigenvalue weighted by Crippen LogP contribution is 2.51. The maximum Gasteiger partial charge on any atom is 0.411 e. The number of morpholine rings is 1. The standard InChI is InChI=1S/C34H37N3O5.HI/c1-37(2)29-19-26(20-30(37)33-32(29)42-33)41-34(40)36-28-18-22(14-17-27(28)24-9-4-3-5-10-24)8-6-7-11-31(39)35-25-15-12-23(21-38)13-16-25;/h3-5,9-10,12-18,21,26,29-30,32-33H,6-8,11,19-20H2,1-2H3,(H-,35,36,38,39,40);1H/t26-,29-,30+,32-,33+;. The number of unbranched alkanes of at least 4 members (excludes halogenated alkanes) is 1. The number of hydrogen-bond donors (Lipinski definition) is 2. The van der Waals surface area contributed by atoms with Gasteiger partial charge in [-0.25, -0.2) is 4.79 Å². The molecule has 0 spiro atoms. The van der Waals surface area contributed by atoms with E-state index >= 15 is 0 Å². The molecule has 3 saturated heterocycles. The molecule has 226 valence electrons. The zero-order valence-corrected chi connectivity index (χ0v) is 26.7. The van der Waals surface area contributed by atoms with E-state index in [4.69, 9.17) is 9.47 Å². The Balaban J connectivity index is 0.00000368. The number of piperidine rings is 1. The lowest BCUT2D eigenvalue weighted by Gasteiger charge is -2.45. The lowest BCUT2D eigenvalue weighted by molar-refractivity contribution is -0.938. The lowest BCUT2D eigenvalue weighted by Crippen LogP contribution is -3.00. The van der Waals surface area contributed by atoms with E-state index < -0.39 is 6.09 Å². The van der Waals surface area contributed by atoms with Crippen molar-refractivity contribution in [2.24, 2.45) is 0 Å². The fraction of sp³-hybridized carbons (Fsp3) is 0.382. The highest BCUT2D eigenvalue weighted by Gasteiger charge is 2.70. The second kappa shape index (κ2) is 13.2. The van der Waals surface area contributed by atoms with E-state index in [2.05, 4.69) is 30.8 Å². The molecule has 0 aromatic heterocycles. The normalized spacial score (nSPS) is 24.2. The van der Waals surface area contributed by atoms with E-state index in [1.807, 2.05) is 42.5 Å². The van der Waals surface area contributed by atoms with Crippen LogP contribution in [0.5, 0.6) is 0 Å². The molecule has 3 aromatic carbocycles. The molecular weight excluding hydrogens is 657 g/mol. The molecule has 0 radical (unpaired) electrons. The predicted molar refractivity (Wildman–Crippen MR) is 161 cm³/mol. The minimum atomic E-state index is -0.423. The van der Waals surface area contributed by atoms with Gasteiger partial charge in [-0.3, -0.25) is 14.9 Å². The third-order valence-electron chi connectivity index (χ3n) is 9.17. The van der Waals surface area contributed by atoms with Crippen LogP contribution in [0.1, 0.15) is 48.0 Å². The number of aldehydes is 1. The minimum absolute atomic E-state index is 0. The molecule has 2 amide bonds. The SMILES string of the molecule is C[N+]1(C)[C@@H]2C[C@@H](OC(=O)Nc3cc(CCCCC(=O)Nc4ccc(C=O)cc4)ccc3-c3ccccc3)C[C@H]1[C@@H]1O[C@@H]12.[I-]. The van der Waals surface area contributed by atoms with Crippen molar-refractivity contribution in [1.29, 1.82) is 0 Å². The van der Waals surface area contributed by atoms with Crippen LogP contribution in [0.25, 0.3) is 11.1 Å². The Morgan fingerprint density at radius 1 is 0.930 bits per heavy atom. The van der Waals surface area contributed by atoms with Crippen LogP contribution in [0.15, 0.2) is 72.8 Å². The van der Waals surface area contributed by atoms with Gasteiger partial charge < -0.3 is 43.3 Å². The first-order chi connectivity index (χ1) is 20.3. The number of ether oxygens (including phenoxy) is 2. The van der Waals surface area contributed by atoms with Crippen molar-refractivity contribution in [2.45, 2.75) is 68.9 Å². The highest BCUT2D eigenvalue weighted by molar-refractivity contribution is 5.92. The first-order valence-corrected chi connectivity index (χ1v) is 14.8. The molecule has 3 aliphatic rings. The fourth-order valence-corrected chi connectivity index (χ4v) is 6.80. The van der Waals surface area contributed by atoms with Crippen LogP contribution in [-0.2, 0) is 20.7 Å². The fourth-order valence-electron chi connectivity index (χ4n) is 6.80. The summed E-state index contributed by atoms with van der Waals surface area (Å²) in [4.78, 5) is 36.3. The largest absolute Gasteiger partial charge is 1.00 e. The highest BCUT2D eigenvalue weighted by atomic mass is 127. The van der Waals surface area contributed by atoms with Gasteiger partial charge in [-0.05, 0) is 60.7 Å². The number of epoxide rings is 1. The molecule has 8 nitrogen and oxygen atoms in total. The number of carbonyl (C=O) groups excluding carboxylic acids is 3. The number of benzene rings is 3. The van der Waals surface area contributed by atoms with Gasteiger partial charge in [0.1, 0.15) is 36.7 Å². The Morgan fingerprint density at radius 3 is 2.30 bits per heavy atom.